The Morgan fingerprint density at radius 1 is 1.26 bits per heavy atom. The number of nitrogens with zero attached hydrogens (tertiary/aromatic N) is 2. The van der Waals surface area contributed by atoms with Crippen LogP contribution < -0.4 is 11.1 Å². The molecule has 1 aliphatic heterocycles. The summed E-state index contributed by atoms with van der Waals surface area (Å²) < 4.78 is 5.50. The first-order valence-electron chi connectivity index (χ1n) is 8.71. The number of nitrogens with one attached hydrogen (secondary N) is 1. The van der Waals surface area contributed by atoms with Crippen molar-refractivity contribution in [1.82, 2.24) is 10.2 Å². The topological polar surface area (TPSA) is 62.9 Å². The average Bonchev–Trinajstić information content (AvgIpc) is 2.94. The van der Waals surface area contributed by atoms with Crippen LogP contribution in [0.15, 0.2) is 4.99 Å². The second kappa shape index (κ2) is 8.85. The summed E-state index contributed by atoms with van der Waals surface area (Å²) in [6.07, 6.45) is 7.83. The lowest BCUT2D eigenvalue weighted by molar-refractivity contribution is -0.0000625. The smallest absolute Gasteiger partial charge is 0.189 e. The number of rotatable bonds is 4. The Bertz CT molecular complexity index is 381. The predicted octanol–water partition coefficient (Wildman–Crippen LogP) is 2.73. The van der Waals surface area contributed by atoms with Gasteiger partial charge in [-0.3, -0.25) is 9.89 Å². The number of piperidine rings is 1. The summed E-state index contributed by atoms with van der Waals surface area (Å²) in [6.45, 7) is 9.39. The summed E-state index contributed by atoms with van der Waals surface area (Å²) in [6, 6.07) is 0. The highest BCUT2D eigenvalue weighted by atomic mass is 127. The van der Waals surface area contributed by atoms with Crippen LogP contribution in [-0.2, 0) is 4.74 Å². The normalized spacial score (nSPS) is 23.6. The second-order valence-corrected chi connectivity index (χ2v) is 7.93. The number of guanidine groups is 1. The van der Waals surface area contributed by atoms with Crippen molar-refractivity contribution in [3.8, 4) is 0 Å². The van der Waals surface area contributed by atoms with Crippen LogP contribution in [-0.4, -0.2) is 54.8 Å². The van der Waals surface area contributed by atoms with Crippen LogP contribution in [0.5, 0.6) is 0 Å². The highest BCUT2D eigenvalue weighted by Crippen LogP contribution is 2.37. The van der Waals surface area contributed by atoms with E-state index in [2.05, 4.69) is 36.0 Å². The van der Waals surface area contributed by atoms with Crippen molar-refractivity contribution in [3.05, 3.63) is 0 Å². The van der Waals surface area contributed by atoms with Crippen LogP contribution in [0, 0.1) is 0 Å². The Labute approximate surface area is 158 Å². The summed E-state index contributed by atoms with van der Waals surface area (Å²) in [5.41, 5.74) is 6.26. The average molecular weight is 438 g/mol. The van der Waals surface area contributed by atoms with Crippen LogP contribution >= 0.6 is 24.0 Å². The molecule has 1 heterocycles. The molecule has 1 saturated carbocycles. The van der Waals surface area contributed by atoms with Crippen molar-refractivity contribution in [3.63, 3.8) is 0 Å². The molecule has 0 bridgehead atoms. The van der Waals surface area contributed by atoms with Crippen LogP contribution in [0.4, 0.5) is 0 Å². The van der Waals surface area contributed by atoms with Gasteiger partial charge in [0.25, 0.3) is 0 Å². The Balaban J connectivity index is 0.00000264. The fourth-order valence-electron chi connectivity index (χ4n) is 3.83. The lowest BCUT2D eigenvalue weighted by Crippen LogP contribution is -2.54. The van der Waals surface area contributed by atoms with Crippen LogP contribution in [0.3, 0.4) is 0 Å². The fourth-order valence-corrected chi connectivity index (χ4v) is 3.83. The van der Waals surface area contributed by atoms with E-state index in [1.165, 1.54) is 25.7 Å². The molecule has 1 saturated heterocycles. The quantitative estimate of drug-likeness (QED) is 0.403. The van der Waals surface area contributed by atoms with E-state index in [9.17, 15) is 0 Å². The molecule has 23 heavy (non-hydrogen) atoms. The van der Waals surface area contributed by atoms with Crippen molar-refractivity contribution >= 4 is 29.9 Å². The predicted molar refractivity (Wildman–Crippen MR) is 108 cm³/mol. The SMILES string of the molecule is COC1CCN(C2(CN=C(N)NC(C)(C)C)CCCC2)CC1.I. The molecule has 2 rings (SSSR count). The first-order valence-corrected chi connectivity index (χ1v) is 8.71. The maximum absolute atomic E-state index is 6.07. The van der Waals surface area contributed by atoms with Crippen LogP contribution in [0.2, 0.25) is 0 Å². The number of hydrogen-bond acceptors (Lipinski definition) is 3. The molecule has 0 atom stereocenters. The minimum Gasteiger partial charge on any atom is -0.381 e. The summed E-state index contributed by atoms with van der Waals surface area (Å²) in [7, 11) is 1.83. The summed E-state index contributed by atoms with van der Waals surface area (Å²) in [5, 5.41) is 3.27. The molecule has 6 heteroatoms. The molecule has 0 aromatic carbocycles. The minimum atomic E-state index is -0.0345. The fraction of sp³-hybridized carbons (Fsp3) is 0.941. The van der Waals surface area contributed by atoms with Crippen molar-refractivity contribution in [1.29, 1.82) is 0 Å². The molecular weight excluding hydrogens is 403 g/mol. The van der Waals surface area contributed by atoms with Gasteiger partial charge in [0, 0.05) is 31.3 Å². The van der Waals surface area contributed by atoms with Gasteiger partial charge in [-0.2, -0.15) is 0 Å². The first kappa shape index (κ1) is 21.0. The third-order valence-corrected chi connectivity index (χ3v) is 5.03. The molecule has 0 unspecified atom stereocenters. The van der Waals surface area contributed by atoms with Crippen LogP contribution in [0.25, 0.3) is 0 Å². The molecule has 0 aromatic heterocycles. The number of methoxy groups -OCH3 is 1. The first-order chi connectivity index (χ1) is 10.3. The number of nitrogens with two attached hydrogens (primary N) is 1. The summed E-state index contributed by atoms with van der Waals surface area (Å²) in [4.78, 5) is 7.34. The van der Waals surface area contributed by atoms with Gasteiger partial charge in [0.15, 0.2) is 5.96 Å². The van der Waals surface area contributed by atoms with Gasteiger partial charge in [0.05, 0.1) is 12.6 Å². The van der Waals surface area contributed by atoms with Gasteiger partial charge >= 0.3 is 0 Å². The molecule has 5 nitrogen and oxygen atoms in total. The Morgan fingerprint density at radius 2 is 1.83 bits per heavy atom. The largest absolute Gasteiger partial charge is 0.381 e. The van der Waals surface area contributed by atoms with E-state index in [4.69, 9.17) is 10.5 Å². The standard InChI is InChI=1S/C17H34N4O.HI/c1-16(2,3)20-15(18)19-13-17(9-5-6-10-17)21-11-7-14(22-4)8-12-21;/h14H,5-13H2,1-4H3,(H3,18,19,20);1H. The maximum atomic E-state index is 6.07. The second-order valence-electron chi connectivity index (χ2n) is 7.93. The van der Waals surface area contributed by atoms with E-state index < -0.39 is 0 Å². The highest BCUT2D eigenvalue weighted by Gasteiger charge is 2.40. The molecule has 3 N–H and O–H groups in total. The molecule has 2 aliphatic rings. The van der Waals surface area contributed by atoms with Gasteiger partial charge in [-0.1, -0.05) is 12.8 Å². The number of hydrogen-bond donors (Lipinski definition) is 2. The lowest BCUT2D eigenvalue weighted by Gasteiger charge is -2.44. The zero-order chi connectivity index (χ0) is 16.2. The molecule has 0 aromatic rings. The van der Waals surface area contributed by atoms with E-state index in [0.29, 0.717) is 12.1 Å². The van der Waals surface area contributed by atoms with Gasteiger partial charge in [0.2, 0.25) is 0 Å². The van der Waals surface area contributed by atoms with E-state index in [1.54, 1.807) is 0 Å². The molecule has 2 fully saturated rings. The molecule has 1 aliphatic carbocycles. The van der Waals surface area contributed by atoms with Crippen molar-refractivity contribution in [2.45, 2.75) is 76.5 Å². The molecule has 136 valence electrons. The zero-order valence-corrected chi connectivity index (χ0v) is 17.6. The number of aliphatic imine (C=N–C) groups is 1. The Morgan fingerprint density at radius 3 is 2.30 bits per heavy atom. The van der Waals surface area contributed by atoms with Crippen molar-refractivity contribution < 1.29 is 4.74 Å². The van der Waals surface area contributed by atoms with Gasteiger partial charge in [-0.05, 0) is 46.5 Å². The van der Waals surface area contributed by atoms with Crippen molar-refractivity contribution in [2.24, 2.45) is 10.7 Å². The van der Waals surface area contributed by atoms with E-state index in [0.717, 1.165) is 32.5 Å². The van der Waals surface area contributed by atoms with E-state index >= 15 is 0 Å². The minimum absolute atomic E-state index is 0. The summed E-state index contributed by atoms with van der Waals surface area (Å²) >= 11 is 0. The van der Waals surface area contributed by atoms with E-state index in [1.807, 2.05) is 7.11 Å². The molecule has 0 radical (unpaired) electrons. The lowest BCUT2D eigenvalue weighted by atomic mass is 9.91. The van der Waals surface area contributed by atoms with Gasteiger partial charge in [-0.25, -0.2) is 0 Å². The van der Waals surface area contributed by atoms with E-state index in [-0.39, 0.29) is 35.1 Å². The van der Waals surface area contributed by atoms with Gasteiger partial charge < -0.3 is 15.8 Å². The molecular formula is C17H35IN4O. The Kier molecular flexibility index (Phi) is 8.07. The molecule has 0 spiro atoms. The van der Waals surface area contributed by atoms with Gasteiger partial charge in [-0.15, -0.1) is 24.0 Å². The highest BCUT2D eigenvalue weighted by molar-refractivity contribution is 14.0. The monoisotopic (exact) mass is 438 g/mol. The van der Waals surface area contributed by atoms with Gasteiger partial charge in [0.1, 0.15) is 0 Å². The number of likely N-dealkylation sites (tertiary alicyclic amines) is 1. The number of ether oxygens (including phenoxy) is 1. The third-order valence-electron chi connectivity index (χ3n) is 5.03. The number of halogens is 1. The molecule has 0 amide bonds. The Hall–Kier alpha value is -0.0800. The zero-order valence-electron chi connectivity index (χ0n) is 15.2. The van der Waals surface area contributed by atoms with Crippen molar-refractivity contribution in [2.75, 3.05) is 26.7 Å². The third kappa shape index (κ3) is 6.05. The maximum Gasteiger partial charge on any atom is 0.189 e. The van der Waals surface area contributed by atoms with Crippen LogP contribution in [0.1, 0.15) is 59.3 Å². The summed E-state index contributed by atoms with van der Waals surface area (Å²) in [5.74, 6) is 0.575.